The summed E-state index contributed by atoms with van der Waals surface area (Å²) in [5.41, 5.74) is 6.54. The summed E-state index contributed by atoms with van der Waals surface area (Å²) in [5.74, 6) is 0.674. The molecule has 24 heavy (non-hydrogen) atoms. The first kappa shape index (κ1) is 16.7. The lowest BCUT2D eigenvalue weighted by atomic mass is 9.78. The lowest BCUT2D eigenvalue weighted by Crippen LogP contribution is -2.42. The van der Waals surface area contributed by atoms with Gasteiger partial charge in [0.1, 0.15) is 0 Å². The molecule has 2 aliphatic carbocycles. The van der Waals surface area contributed by atoms with Crippen molar-refractivity contribution >= 4 is 5.57 Å². The Bertz CT molecular complexity index is 744. The van der Waals surface area contributed by atoms with Crippen LogP contribution in [0.1, 0.15) is 55.2 Å². The number of likely N-dealkylation sites (N-methyl/N-ethyl adjacent to an activating group) is 1. The van der Waals surface area contributed by atoms with Gasteiger partial charge in [-0.2, -0.15) is 5.26 Å². The molecule has 124 valence electrons. The van der Waals surface area contributed by atoms with Gasteiger partial charge in [-0.15, -0.1) is 6.58 Å². The fraction of sp³-hybridized carbons (Fsp3) is 0.409. The van der Waals surface area contributed by atoms with Crippen LogP contribution in [0.2, 0.25) is 0 Å². The van der Waals surface area contributed by atoms with Gasteiger partial charge in [0.25, 0.3) is 0 Å². The van der Waals surface area contributed by atoms with E-state index in [-0.39, 0.29) is 5.54 Å². The number of allylic oxidation sites excluding steroid dienone is 3. The number of hydrogen-bond donors (Lipinski definition) is 1. The molecule has 2 heteroatoms. The van der Waals surface area contributed by atoms with Crippen LogP contribution in [-0.4, -0.2) is 12.6 Å². The van der Waals surface area contributed by atoms with Crippen molar-refractivity contribution in [3.8, 4) is 6.07 Å². The second kappa shape index (κ2) is 6.79. The highest BCUT2D eigenvalue weighted by molar-refractivity contribution is 5.81. The Kier molecular flexibility index (Phi) is 4.73. The lowest BCUT2D eigenvalue weighted by Gasteiger charge is -2.35. The van der Waals surface area contributed by atoms with Gasteiger partial charge >= 0.3 is 0 Å². The summed E-state index contributed by atoms with van der Waals surface area (Å²) in [7, 11) is 2.02. The first-order valence-corrected chi connectivity index (χ1v) is 8.83. The molecule has 1 unspecified atom stereocenters. The number of nitrogens with one attached hydrogen (secondary N) is 1. The second-order valence-electron chi connectivity index (χ2n) is 7.10. The molecule has 0 saturated heterocycles. The third-order valence-electron chi connectivity index (χ3n) is 5.44. The molecule has 0 aromatic heterocycles. The van der Waals surface area contributed by atoms with Crippen LogP contribution in [0.25, 0.3) is 5.57 Å². The molecule has 0 aliphatic heterocycles. The quantitative estimate of drug-likeness (QED) is 0.757. The van der Waals surface area contributed by atoms with Gasteiger partial charge in [-0.1, -0.05) is 36.4 Å². The van der Waals surface area contributed by atoms with Crippen LogP contribution >= 0.6 is 0 Å². The Hall–Kier alpha value is -2.11. The van der Waals surface area contributed by atoms with Crippen molar-refractivity contribution in [3.05, 3.63) is 65.3 Å². The molecular weight excluding hydrogens is 292 g/mol. The minimum atomic E-state index is -0.0123. The predicted molar refractivity (Wildman–Crippen MR) is 101 cm³/mol. The van der Waals surface area contributed by atoms with Crippen LogP contribution in [0.3, 0.4) is 0 Å². The van der Waals surface area contributed by atoms with Gasteiger partial charge < -0.3 is 5.32 Å². The van der Waals surface area contributed by atoms with Crippen molar-refractivity contribution in [3.63, 3.8) is 0 Å². The maximum Gasteiger partial charge on any atom is 0.0669 e. The fourth-order valence-electron chi connectivity index (χ4n) is 3.67. The van der Waals surface area contributed by atoms with E-state index >= 15 is 0 Å². The van der Waals surface area contributed by atoms with E-state index in [1.807, 2.05) is 13.1 Å². The molecule has 1 N–H and O–H groups in total. The predicted octanol–water partition coefficient (Wildman–Crippen LogP) is 4.90. The van der Waals surface area contributed by atoms with Crippen molar-refractivity contribution < 1.29 is 0 Å². The summed E-state index contributed by atoms with van der Waals surface area (Å²) in [4.78, 5) is 0. The van der Waals surface area contributed by atoms with Gasteiger partial charge in [-0.25, -0.2) is 0 Å². The largest absolute Gasteiger partial charge is 0.311 e. The van der Waals surface area contributed by atoms with Gasteiger partial charge in [0, 0.05) is 5.54 Å². The van der Waals surface area contributed by atoms with Crippen molar-refractivity contribution in [1.29, 1.82) is 5.26 Å². The Labute approximate surface area is 145 Å². The maximum absolute atomic E-state index is 9.24. The topological polar surface area (TPSA) is 35.8 Å². The van der Waals surface area contributed by atoms with Crippen LogP contribution < -0.4 is 5.32 Å². The van der Waals surface area contributed by atoms with E-state index in [0.717, 1.165) is 18.4 Å². The number of benzene rings is 1. The zero-order chi connectivity index (χ0) is 17.2. The Morgan fingerprint density at radius 2 is 2.21 bits per heavy atom. The van der Waals surface area contributed by atoms with Crippen LogP contribution in [0.15, 0.2) is 48.6 Å². The Morgan fingerprint density at radius 3 is 2.83 bits per heavy atom. The highest BCUT2D eigenvalue weighted by Gasteiger charge is 2.32. The molecule has 0 bridgehead atoms. The number of nitriles is 1. The van der Waals surface area contributed by atoms with Crippen molar-refractivity contribution in [1.82, 2.24) is 5.32 Å². The van der Waals surface area contributed by atoms with E-state index in [2.05, 4.69) is 55.2 Å². The monoisotopic (exact) mass is 318 g/mol. The Morgan fingerprint density at radius 1 is 1.42 bits per heavy atom. The summed E-state index contributed by atoms with van der Waals surface area (Å²) < 4.78 is 0. The van der Waals surface area contributed by atoms with Gasteiger partial charge in [-0.3, -0.25) is 0 Å². The molecule has 2 nitrogen and oxygen atoms in total. The second-order valence-corrected chi connectivity index (χ2v) is 7.10. The van der Waals surface area contributed by atoms with E-state index in [1.54, 1.807) is 0 Å². The van der Waals surface area contributed by atoms with Crippen molar-refractivity contribution in [2.24, 2.45) is 0 Å². The normalized spacial score (nSPS) is 23.2. The van der Waals surface area contributed by atoms with Crippen LogP contribution in [0, 0.1) is 11.3 Å². The van der Waals surface area contributed by atoms with Crippen molar-refractivity contribution in [2.45, 2.75) is 50.5 Å². The maximum atomic E-state index is 9.24. The summed E-state index contributed by atoms with van der Waals surface area (Å²) in [6.07, 6.45) is 11.5. The molecule has 0 heterocycles. The van der Waals surface area contributed by atoms with Crippen LogP contribution in [0.5, 0.6) is 0 Å². The third kappa shape index (κ3) is 3.09. The molecule has 1 aromatic rings. The highest BCUT2D eigenvalue weighted by Crippen LogP contribution is 2.46. The fourth-order valence-corrected chi connectivity index (χ4v) is 3.67. The molecule has 3 rings (SSSR count). The average molecular weight is 318 g/mol. The van der Waals surface area contributed by atoms with E-state index in [4.69, 9.17) is 0 Å². The molecule has 1 atom stereocenters. The zero-order valence-corrected chi connectivity index (χ0v) is 14.7. The van der Waals surface area contributed by atoms with Gasteiger partial charge in [0.15, 0.2) is 0 Å². The molecule has 2 aliphatic rings. The van der Waals surface area contributed by atoms with Gasteiger partial charge in [0.05, 0.1) is 12.5 Å². The number of hydrogen-bond acceptors (Lipinski definition) is 2. The summed E-state index contributed by atoms with van der Waals surface area (Å²) in [6.45, 7) is 6.17. The average Bonchev–Trinajstić information content (AvgIpc) is 3.42. The minimum Gasteiger partial charge on any atom is -0.311 e. The number of rotatable bonds is 6. The zero-order valence-electron chi connectivity index (χ0n) is 14.7. The van der Waals surface area contributed by atoms with Crippen molar-refractivity contribution in [2.75, 3.05) is 7.05 Å². The first-order chi connectivity index (χ1) is 11.6. The molecule has 0 radical (unpaired) electrons. The molecular formula is C22H26N2. The summed E-state index contributed by atoms with van der Waals surface area (Å²) in [5, 5.41) is 12.7. The number of nitrogens with zero attached hydrogens (tertiary/aromatic N) is 1. The summed E-state index contributed by atoms with van der Waals surface area (Å²) in [6, 6.07) is 8.81. The molecule has 0 spiro atoms. The van der Waals surface area contributed by atoms with E-state index < -0.39 is 0 Å². The van der Waals surface area contributed by atoms with Crippen LogP contribution in [0.4, 0.5) is 0 Å². The molecule has 0 amide bonds. The van der Waals surface area contributed by atoms with Gasteiger partial charge in [0.2, 0.25) is 0 Å². The standard InChI is InChI=1S/C22H26N2/c1-4-6-19-15-18(11-13-22(19,2)24-3)21-17(12-14-23)7-5-8-20(21)16-9-10-16/h4-5,7-8,11,15-16,24H,1,6,9-10,12-13H2,2-3H3. The van der Waals surface area contributed by atoms with E-state index in [0.29, 0.717) is 12.3 Å². The third-order valence-corrected chi connectivity index (χ3v) is 5.44. The smallest absolute Gasteiger partial charge is 0.0669 e. The summed E-state index contributed by atoms with van der Waals surface area (Å²) >= 11 is 0. The molecule has 1 saturated carbocycles. The minimum absolute atomic E-state index is 0.0123. The van der Waals surface area contributed by atoms with Crippen LogP contribution in [-0.2, 0) is 6.42 Å². The first-order valence-electron chi connectivity index (χ1n) is 8.83. The van der Waals surface area contributed by atoms with Gasteiger partial charge in [-0.05, 0) is 73.4 Å². The SMILES string of the molecule is C=CCC1=CC(c2c(CC#N)cccc2C2CC2)=CCC1(C)NC. The molecule has 1 fully saturated rings. The van der Waals surface area contributed by atoms with E-state index in [1.165, 1.54) is 35.1 Å². The molecule has 1 aromatic carbocycles. The Balaban J connectivity index is 2.09. The van der Waals surface area contributed by atoms with E-state index in [9.17, 15) is 5.26 Å². The lowest BCUT2D eigenvalue weighted by molar-refractivity contribution is 0.447. The highest BCUT2D eigenvalue weighted by atomic mass is 14.9.